The Morgan fingerprint density at radius 3 is 1.80 bits per heavy atom. The molecular formula is C21H29N3O. The first-order chi connectivity index (χ1) is 12.0. The van der Waals surface area contributed by atoms with Crippen molar-refractivity contribution in [1.82, 2.24) is 0 Å². The van der Waals surface area contributed by atoms with E-state index in [1.54, 1.807) is 4.90 Å². The van der Waals surface area contributed by atoms with E-state index in [1.165, 1.54) is 5.69 Å². The van der Waals surface area contributed by atoms with E-state index in [1.807, 2.05) is 74.6 Å². The molecule has 134 valence electrons. The zero-order valence-electron chi connectivity index (χ0n) is 16.0. The lowest BCUT2D eigenvalue weighted by Gasteiger charge is -2.23. The maximum atomic E-state index is 12.7. The van der Waals surface area contributed by atoms with Crippen LogP contribution in [-0.4, -0.2) is 40.1 Å². The maximum absolute atomic E-state index is 12.7. The van der Waals surface area contributed by atoms with Crippen LogP contribution in [-0.2, 0) is 0 Å². The van der Waals surface area contributed by atoms with Crippen LogP contribution in [0.3, 0.4) is 0 Å². The molecule has 0 radical (unpaired) electrons. The van der Waals surface area contributed by atoms with Gasteiger partial charge in [-0.25, -0.2) is 0 Å². The Morgan fingerprint density at radius 1 is 0.800 bits per heavy atom. The molecule has 0 atom stereocenters. The van der Waals surface area contributed by atoms with Crippen LogP contribution < -0.4 is 14.7 Å². The van der Waals surface area contributed by atoms with E-state index < -0.39 is 0 Å². The molecule has 0 N–H and O–H groups in total. The quantitative estimate of drug-likeness (QED) is 0.754. The Kier molecular flexibility index (Phi) is 6.45. The first kappa shape index (κ1) is 18.8. The number of carbonyl (C=O) groups excluding carboxylic acids is 1. The minimum atomic E-state index is 0.00249. The molecule has 0 aliphatic heterocycles. The van der Waals surface area contributed by atoms with Crippen LogP contribution in [0.2, 0.25) is 0 Å². The molecule has 1 amide bonds. The van der Waals surface area contributed by atoms with Crippen molar-refractivity contribution in [2.45, 2.75) is 20.3 Å². The summed E-state index contributed by atoms with van der Waals surface area (Å²) in [5.41, 5.74) is 3.87. The van der Waals surface area contributed by atoms with Gasteiger partial charge in [0.1, 0.15) is 0 Å². The summed E-state index contributed by atoms with van der Waals surface area (Å²) in [6.07, 6.45) is 1.11. The van der Waals surface area contributed by atoms with E-state index in [0.29, 0.717) is 5.56 Å². The normalized spacial score (nSPS) is 10.4. The Morgan fingerprint density at radius 2 is 1.32 bits per heavy atom. The van der Waals surface area contributed by atoms with Crippen molar-refractivity contribution in [2.24, 2.45) is 0 Å². The largest absolute Gasteiger partial charge is 0.378 e. The molecule has 0 heterocycles. The van der Waals surface area contributed by atoms with Crippen molar-refractivity contribution in [2.75, 3.05) is 48.9 Å². The molecule has 4 heteroatoms. The predicted molar refractivity (Wildman–Crippen MR) is 108 cm³/mol. The van der Waals surface area contributed by atoms with Crippen LogP contribution in [0.1, 0.15) is 30.6 Å². The number of hydrogen-bond acceptors (Lipinski definition) is 3. The van der Waals surface area contributed by atoms with Gasteiger partial charge in [0.2, 0.25) is 0 Å². The second kappa shape index (κ2) is 8.56. The number of rotatable bonds is 7. The summed E-state index contributed by atoms with van der Waals surface area (Å²) < 4.78 is 0. The summed E-state index contributed by atoms with van der Waals surface area (Å²) in [6, 6.07) is 15.9. The number of nitrogens with zero attached hydrogens (tertiary/aromatic N) is 3. The highest BCUT2D eigenvalue weighted by molar-refractivity contribution is 6.05. The standard InChI is InChI=1S/C21H29N3O/c1-6-16-24(7-2)20-10-8-17(9-11-20)21(25)23(5)19-14-12-18(13-15-19)22(3)4/h8-15H,6-7,16H2,1-5H3. The fraction of sp³-hybridized carbons (Fsp3) is 0.381. The Bertz CT molecular complexity index is 677. The molecule has 2 aromatic rings. The van der Waals surface area contributed by atoms with Gasteiger partial charge in [-0.05, 0) is 61.9 Å². The summed E-state index contributed by atoms with van der Waals surface area (Å²) in [6.45, 7) is 6.33. The van der Waals surface area contributed by atoms with Gasteiger partial charge in [0.05, 0.1) is 0 Å². The monoisotopic (exact) mass is 339 g/mol. The number of anilines is 3. The van der Waals surface area contributed by atoms with Gasteiger partial charge >= 0.3 is 0 Å². The van der Waals surface area contributed by atoms with Crippen LogP contribution >= 0.6 is 0 Å². The van der Waals surface area contributed by atoms with Crippen molar-refractivity contribution in [3.8, 4) is 0 Å². The minimum absolute atomic E-state index is 0.00249. The molecular weight excluding hydrogens is 310 g/mol. The van der Waals surface area contributed by atoms with Crippen LogP contribution in [0.5, 0.6) is 0 Å². The predicted octanol–water partition coefficient (Wildman–Crippen LogP) is 4.27. The molecule has 0 unspecified atom stereocenters. The minimum Gasteiger partial charge on any atom is -0.378 e. The summed E-state index contributed by atoms with van der Waals surface area (Å²) >= 11 is 0. The second-order valence-corrected chi connectivity index (χ2v) is 6.40. The van der Waals surface area contributed by atoms with E-state index in [4.69, 9.17) is 0 Å². The second-order valence-electron chi connectivity index (χ2n) is 6.40. The average Bonchev–Trinajstić information content (AvgIpc) is 2.65. The first-order valence-electron chi connectivity index (χ1n) is 8.88. The number of hydrogen-bond donors (Lipinski definition) is 0. The molecule has 4 nitrogen and oxygen atoms in total. The van der Waals surface area contributed by atoms with Gasteiger partial charge < -0.3 is 14.7 Å². The summed E-state index contributed by atoms with van der Waals surface area (Å²) in [7, 11) is 5.82. The van der Waals surface area contributed by atoms with Gasteiger partial charge in [0, 0.05) is 56.9 Å². The lowest BCUT2D eigenvalue weighted by atomic mass is 10.1. The van der Waals surface area contributed by atoms with Gasteiger partial charge in [-0.3, -0.25) is 4.79 Å². The highest BCUT2D eigenvalue weighted by atomic mass is 16.2. The summed E-state index contributed by atoms with van der Waals surface area (Å²) in [5, 5.41) is 0. The van der Waals surface area contributed by atoms with E-state index in [-0.39, 0.29) is 5.91 Å². The molecule has 0 aromatic heterocycles. The maximum Gasteiger partial charge on any atom is 0.258 e. The number of benzene rings is 2. The molecule has 0 saturated carbocycles. The lowest BCUT2D eigenvalue weighted by Crippen LogP contribution is -2.27. The molecule has 0 aliphatic carbocycles. The third-order valence-corrected chi connectivity index (χ3v) is 4.41. The van der Waals surface area contributed by atoms with Crippen LogP contribution in [0, 0.1) is 0 Å². The highest BCUT2D eigenvalue weighted by Crippen LogP contribution is 2.21. The van der Waals surface area contributed by atoms with Gasteiger partial charge in [-0.15, -0.1) is 0 Å². The van der Waals surface area contributed by atoms with Gasteiger partial charge in [0.25, 0.3) is 5.91 Å². The molecule has 0 bridgehead atoms. The van der Waals surface area contributed by atoms with E-state index >= 15 is 0 Å². The van der Waals surface area contributed by atoms with E-state index in [9.17, 15) is 4.79 Å². The van der Waals surface area contributed by atoms with Gasteiger partial charge in [-0.2, -0.15) is 0 Å². The van der Waals surface area contributed by atoms with E-state index in [2.05, 4.69) is 18.7 Å². The smallest absolute Gasteiger partial charge is 0.258 e. The van der Waals surface area contributed by atoms with E-state index in [0.717, 1.165) is 30.9 Å². The highest BCUT2D eigenvalue weighted by Gasteiger charge is 2.14. The zero-order chi connectivity index (χ0) is 18.4. The summed E-state index contributed by atoms with van der Waals surface area (Å²) in [4.78, 5) is 18.8. The van der Waals surface area contributed by atoms with Gasteiger partial charge in [0.15, 0.2) is 0 Å². The Labute approximate surface area is 151 Å². The third-order valence-electron chi connectivity index (χ3n) is 4.41. The topological polar surface area (TPSA) is 26.8 Å². The third kappa shape index (κ3) is 4.53. The van der Waals surface area contributed by atoms with Crippen molar-refractivity contribution in [3.63, 3.8) is 0 Å². The van der Waals surface area contributed by atoms with Crippen molar-refractivity contribution < 1.29 is 4.79 Å². The average molecular weight is 339 g/mol. The Balaban J connectivity index is 2.13. The zero-order valence-corrected chi connectivity index (χ0v) is 16.0. The number of amides is 1. The fourth-order valence-corrected chi connectivity index (χ4v) is 2.84. The molecule has 25 heavy (non-hydrogen) atoms. The molecule has 0 aliphatic rings. The molecule has 0 saturated heterocycles. The molecule has 2 rings (SSSR count). The van der Waals surface area contributed by atoms with Crippen molar-refractivity contribution in [1.29, 1.82) is 0 Å². The molecule has 0 spiro atoms. The Hall–Kier alpha value is -2.49. The molecule has 2 aromatic carbocycles. The van der Waals surface area contributed by atoms with Crippen LogP contribution in [0.4, 0.5) is 17.1 Å². The van der Waals surface area contributed by atoms with Crippen molar-refractivity contribution in [3.05, 3.63) is 54.1 Å². The van der Waals surface area contributed by atoms with Crippen molar-refractivity contribution >= 4 is 23.0 Å². The SMILES string of the molecule is CCCN(CC)c1ccc(C(=O)N(C)c2ccc(N(C)C)cc2)cc1. The van der Waals surface area contributed by atoms with Gasteiger partial charge in [-0.1, -0.05) is 6.92 Å². The fourth-order valence-electron chi connectivity index (χ4n) is 2.84. The van der Waals surface area contributed by atoms with Crippen LogP contribution in [0.25, 0.3) is 0 Å². The molecule has 0 fully saturated rings. The summed E-state index contributed by atoms with van der Waals surface area (Å²) in [5.74, 6) is 0.00249. The lowest BCUT2D eigenvalue weighted by molar-refractivity contribution is 0.0993. The first-order valence-corrected chi connectivity index (χ1v) is 8.88. The van der Waals surface area contributed by atoms with Crippen LogP contribution in [0.15, 0.2) is 48.5 Å². The number of carbonyl (C=O) groups is 1.